The third-order valence-electron chi connectivity index (χ3n) is 9.51. The van der Waals surface area contributed by atoms with Gasteiger partial charge in [0.25, 0.3) is 0 Å². The van der Waals surface area contributed by atoms with Crippen molar-refractivity contribution >= 4 is 7.12 Å². The second kappa shape index (κ2) is 12.2. The quantitative estimate of drug-likeness (QED) is 0.157. The highest BCUT2D eigenvalue weighted by atomic mass is 16.7. The van der Waals surface area contributed by atoms with E-state index in [2.05, 4.69) is 127 Å². The zero-order valence-corrected chi connectivity index (χ0v) is 25.2. The van der Waals surface area contributed by atoms with Crippen molar-refractivity contribution in [2.45, 2.75) is 41.6 Å². The van der Waals surface area contributed by atoms with Gasteiger partial charge in [0.1, 0.15) is 23.4 Å². The summed E-state index contributed by atoms with van der Waals surface area (Å²) >= 11 is 0. The maximum Gasteiger partial charge on any atom is 0.461 e. The van der Waals surface area contributed by atoms with Crippen molar-refractivity contribution in [1.29, 1.82) is 0 Å². The molecule has 4 nitrogen and oxygen atoms in total. The van der Waals surface area contributed by atoms with E-state index in [1.54, 1.807) is 14.2 Å². The number of methoxy groups -OCH3 is 2. The Balaban J connectivity index is 1.44. The second-order valence-corrected chi connectivity index (χ2v) is 11.7. The summed E-state index contributed by atoms with van der Waals surface area (Å²) in [6.45, 7) is 0. The van der Waals surface area contributed by atoms with E-state index < -0.39 is 30.5 Å². The molecule has 1 saturated heterocycles. The van der Waals surface area contributed by atoms with Crippen LogP contribution in [0.25, 0.3) is 0 Å². The van der Waals surface area contributed by atoms with Crippen LogP contribution in [0.15, 0.2) is 152 Å². The number of ether oxygens (including phenoxy) is 2. The van der Waals surface area contributed by atoms with Crippen LogP contribution in [0.3, 0.4) is 0 Å². The van der Waals surface area contributed by atoms with Crippen LogP contribution in [0, 0.1) is 0 Å². The molecule has 0 aromatic heterocycles. The van der Waals surface area contributed by atoms with Crippen molar-refractivity contribution in [3.05, 3.63) is 179 Å². The van der Waals surface area contributed by atoms with Crippen molar-refractivity contribution < 1.29 is 18.8 Å². The molecule has 2 fully saturated rings. The van der Waals surface area contributed by atoms with Gasteiger partial charge < -0.3 is 18.8 Å². The monoisotopic (exact) mass is 580 g/mol. The first-order chi connectivity index (χ1) is 21.7. The summed E-state index contributed by atoms with van der Waals surface area (Å²) in [6, 6.07) is 52.2. The molecule has 0 spiro atoms. The predicted octanol–water partition coefficient (Wildman–Crippen LogP) is 8.00. The summed E-state index contributed by atoms with van der Waals surface area (Å²) in [7, 11) is 3.10. The minimum atomic E-state index is -0.994. The van der Waals surface area contributed by atoms with Gasteiger partial charge in [0.2, 0.25) is 0 Å². The maximum atomic E-state index is 7.24. The lowest BCUT2D eigenvalue weighted by Crippen LogP contribution is -2.56. The Morgan fingerprint density at radius 1 is 0.500 bits per heavy atom. The molecule has 5 heteroatoms. The molecule has 0 N–H and O–H groups in total. The molecule has 2 aliphatic rings. The SMILES string of the molecule is COC(c1ccccc1)(c1ccccc1)[C@@H]1OB([C@H]2C[C@H]2c2ccccc2)O[C@H]1C(OC)(c1ccccc1)c1ccccc1. The van der Waals surface area contributed by atoms with Crippen LogP contribution in [0.5, 0.6) is 0 Å². The number of benzene rings is 5. The van der Waals surface area contributed by atoms with Crippen LogP contribution in [0.2, 0.25) is 5.82 Å². The summed E-state index contributed by atoms with van der Waals surface area (Å²) in [6.07, 6.45) is -0.138. The first-order valence-electron chi connectivity index (χ1n) is 15.4. The van der Waals surface area contributed by atoms with Crippen molar-refractivity contribution in [2.75, 3.05) is 14.2 Å². The fourth-order valence-corrected chi connectivity index (χ4v) is 7.32. The van der Waals surface area contributed by atoms with Gasteiger partial charge in [-0.3, -0.25) is 0 Å². The summed E-state index contributed by atoms with van der Waals surface area (Å²) in [5.41, 5.74) is 3.31. The molecular weight excluding hydrogens is 543 g/mol. The van der Waals surface area contributed by atoms with Gasteiger partial charge in [0, 0.05) is 20.0 Å². The smallest absolute Gasteiger partial charge is 0.402 e. The molecule has 5 aromatic carbocycles. The van der Waals surface area contributed by atoms with Gasteiger partial charge in [-0.05, 0) is 40.2 Å². The second-order valence-electron chi connectivity index (χ2n) is 11.7. The van der Waals surface area contributed by atoms with Gasteiger partial charge >= 0.3 is 7.12 Å². The van der Waals surface area contributed by atoms with Gasteiger partial charge in [0.05, 0.1) is 0 Å². The molecule has 5 aromatic rings. The number of hydrogen-bond donors (Lipinski definition) is 0. The maximum absolute atomic E-state index is 7.24. The molecule has 0 radical (unpaired) electrons. The van der Waals surface area contributed by atoms with Gasteiger partial charge in [0.15, 0.2) is 0 Å². The highest BCUT2D eigenvalue weighted by Gasteiger charge is 2.65. The van der Waals surface area contributed by atoms with Crippen LogP contribution in [-0.4, -0.2) is 33.5 Å². The lowest BCUT2D eigenvalue weighted by molar-refractivity contribution is -0.136. The Morgan fingerprint density at radius 3 is 1.14 bits per heavy atom. The fraction of sp³-hybridized carbons (Fsp3) is 0.231. The minimum absolute atomic E-state index is 0.215. The molecule has 44 heavy (non-hydrogen) atoms. The van der Waals surface area contributed by atoms with E-state index in [0.29, 0.717) is 5.92 Å². The van der Waals surface area contributed by atoms with E-state index in [9.17, 15) is 0 Å². The van der Waals surface area contributed by atoms with Crippen LogP contribution < -0.4 is 0 Å². The van der Waals surface area contributed by atoms with E-state index in [1.165, 1.54) is 5.56 Å². The summed E-state index contributed by atoms with van der Waals surface area (Å²) in [5.74, 6) is 0.587. The largest absolute Gasteiger partial charge is 0.461 e. The lowest BCUT2D eigenvalue weighted by atomic mass is 9.71. The van der Waals surface area contributed by atoms with Gasteiger partial charge in [-0.2, -0.15) is 0 Å². The van der Waals surface area contributed by atoms with E-state index >= 15 is 0 Å². The first-order valence-corrected chi connectivity index (χ1v) is 15.4. The number of rotatable bonds is 10. The van der Waals surface area contributed by atoms with E-state index in [0.717, 1.165) is 28.7 Å². The summed E-state index contributed by atoms with van der Waals surface area (Å²) in [5, 5.41) is 0. The minimum Gasteiger partial charge on any atom is -0.402 e. The third kappa shape index (κ3) is 4.81. The molecule has 0 amide bonds. The zero-order chi connectivity index (χ0) is 30.0. The Morgan fingerprint density at radius 2 is 0.818 bits per heavy atom. The van der Waals surface area contributed by atoms with Crippen LogP contribution in [0.1, 0.15) is 40.2 Å². The average molecular weight is 581 g/mol. The topological polar surface area (TPSA) is 36.9 Å². The molecule has 0 bridgehead atoms. The molecule has 1 saturated carbocycles. The van der Waals surface area contributed by atoms with Crippen molar-refractivity contribution in [1.82, 2.24) is 0 Å². The Bertz CT molecular complexity index is 1460. The molecule has 1 heterocycles. The van der Waals surface area contributed by atoms with Crippen molar-refractivity contribution in [2.24, 2.45) is 0 Å². The van der Waals surface area contributed by atoms with Gasteiger partial charge in [-0.25, -0.2) is 0 Å². The van der Waals surface area contributed by atoms with Crippen molar-refractivity contribution in [3.63, 3.8) is 0 Å². The molecule has 4 atom stereocenters. The Labute approximate surface area is 260 Å². The van der Waals surface area contributed by atoms with Crippen LogP contribution in [-0.2, 0) is 30.0 Å². The average Bonchev–Trinajstić information content (AvgIpc) is 3.80. The lowest BCUT2D eigenvalue weighted by Gasteiger charge is -2.47. The van der Waals surface area contributed by atoms with Gasteiger partial charge in [-0.1, -0.05) is 152 Å². The van der Waals surface area contributed by atoms with E-state index in [-0.39, 0.29) is 5.82 Å². The fourth-order valence-electron chi connectivity index (χ4n) is 7.32. The molecule has 1 aliphatic carbocycles. The third-order valence-corrected chi connectivity index (χ3v) is 9.51. The first kappa shape index (κ1) is 28.8. The van der Waals surface area contributed by atoms with Crippen molar-refractivity contribution in [3.8, 4) is 0 Å². The number of hydrogen-bond acceptors (Lipinski definition) is 4. The van der Waals surface area contributed by atoms with Crippen LogP contribution in [0.4, 0.5) is 0 Å². The molecular formula is C39H37BO4. The standard InChI is InChI=1S/C39H37BO4/c1-41-38(30-20-10-4-11-21-30,31-22-12-5-13-23-31)36-37(44-40(43-36)35-28-34(35)29-18-8-3-9-19-29)39(42-2,32-24-14-6-15-25-32)33-26-16-7-17-27-33/h3-27,34-37H,28H2,1-2H3/t34-,35-,36+,37+/m0/s1. The van der Waals surface area contributed by atoms with Gasteiger partial charge in [-0.15, -0.1) is 0 Å². The molecule has 0 unspecified atom stereocenters. The summed E-state index contributed by atoms with van der Waals surface area (Å²) < 4.78 is 27.9. The predicted molar refractivity (Wildman–Crippen MR) is 174 cm³/mol. The highest BCUT2D eigenvalue weighted by Crippen LogP contribution is 2.59. The molecule has 1 aliphatic heterocycles. The molecule has 220 valence electrons. The Hall–Kier alpha value is -4.00. The Kier molecular flexibility index (Phi) is 7.96. The van der Waals surface area contributed by atoms with E-state index in [1.807, 2.05) is 24.3 Å². The normalized spacial score (nSPS) is 21.7. The van der Waals surface area contributed by atoms with E-state index in [4.69, 9.17) is 18.8 Å². The van der Waals surface area contributed by atoms with Crippen LogP contribution >= 0.6 is 0 Å². The molecule has 7 rings (SSSR count). The summed E-state index contributed by atoms with van der Waals surface area (Å²) in [4.78, 5) is 0. The highest BCUT2D eigenvalue weighted by molar-refractivity contribution is 6.48. The zero-order valence-electron chi connectivity index (χ0n) is 25.2.